The number of rotatable bonds is 2. The number of amides is 1. The highest BCUT2D eigenvalue weighted by atomic mass is 16.5. The van der Waals surface area contributed by atoms with Crippen molar-refractivity contribution in [3.63, 3.8) is 0 Å². The zero-order valence-electron chi connectivity index (χ0n) is 11.9. The lowest BCUT2D eigenvalue weighted by Crippen LogP contribution is -2.49. The Morgan fingerprint density at radius 1 is 1.22 bits per heavy atom. The minimum Gasteiger partial charge on any atom is -0.374 e. The average Bonchev–Trinajstić information content (AvgIpc) is 2.53. The molecule has 2 fully saturated rings. The molecule has 2 heterocycles. The fourth-order valence-corrected chi connectivity index (χ4v) is 3.28. The van der Waals surface area contributed by atoms with Gasteiger partial charge in [-0.2, -0.15) is 0 Å². The van der Waals surface area contributed by atoms with Crippen LogP contribution in [0.15, 0.2) is 0 Å². The Balaban J connectivity index is 1.91. The number of nitrogens with one attached hydrogen (secondary N) is 2. The van der Waals surface area contributed by atoms with Crippen LogP contribution >= 0.6 is 0 Å². The topological polar surface area (TPSA) is 50.4 Å². The van der Waals surface area contributed by atoms with Gasteiger partial charge in [-0.3, -0.25) is 4.79 Å². The van der Waals surface area contributed by atoms with Gasteiger partial charge in [-0.1, -0.05) is 6.92 Å². The molecule has 0 aromatic carbocycles. The molecule has 0 aliphatic carbocycles. The number of hydrogen-bond acceptors (Lipinski definition) is 3. The Bertz CT molecular complexity index is 308. The highest BCUT2D eigenvalue weighted by molar-refractivity contribution is 5.80. The van der Waals surface area contributed by atoms with E-state index in [-0.39, 0.29) is 24.0 Å². The summed E-state index contributed by atoms with van der Waals surface area (Å²) in [5.41, 5.74) is 0. The summed E-state index contributed by atoms with van der Waals surface area (Å²) in [6.07, 6.45) is 2.27. The average molecular weight is 254 g/mol. The van der Waals surface area contributed by atoms with E-state index in [0.29, 0.717) is 18.0 Å². The molecule has 4 nitrogen and oxygen atoms in total. The lowest BCUT2D eigenvalue weighted by molar-refractivity contribution is -0.128. The SMILES string of the molecule is CC1CC(NC(=O)C2C(C)OC(C)C2C)CCN1. The molecule has 18 heavy (non-hydrogen) atoms. The maximum Gasteiger partial charge on any atom is 0.226 e. The van der Waals surface area contributed by atoms with E-state index in [4.69, 9.17) is 4.74 Å². The summed E-state index contributed by atoms with van der Waals surface area (Å²) in [5, 5.41) is 6.62. The first-order valence-corrected chi connectivity index (χ1v) is 7.18. The van der Waals surface area contributed by atoms with Gasteiger partial charge in [-0.25, -0.2) is 0 Å². The number of hydrogen-bond donors (Lipinski definition) is 2. The third-order valence-electron chi connectivity index (χ3n) is 4.51. The van der Waals surface area contributed by atoms with Crippen LogP contribution in [0.25, 0.3) is 0 Å². The predicted octanol–water partition coefficient (Wildman–Crippen LogP) is 1.30. The number of carbonyl (C=O) groups is 1. The fraction of sp³-hybridized carbons (Fsp3) is 0.929. The molecule has 0 radical (unpaired) electrons. The van der Waals surface area contributed by atoms with Gasteiger partial charge in [-0.15, -0.1) is 0 Å². The van der Waals surface area contributed by atoms with E-state index in [2.05, 4.69) is 31.4 Å². The van der Waals surface area contributed by atoms with E-state index in [1.807, 2.05) is 6.92 Å². The second-order valence-corrected chi connectivity index (χ2v) is 6.02. The molecule has 2 saturated heterocycles. The Kier molecular flexibility index (Phi) is 4.28. The van der Waals surface area contributed by atoms with Crippen LogP contribution in [0.4, 0.5) is 0 Å². The highest BCUT2D eigenvalue weighted by Crippen LogP contribution is 2.32. The van der Waals surface area contributed by atoms with Crippen molar-refractivity contribution in [3.8, 4) is 0 Å². The molecular formula is C14H26N2O2. The first-order chi connectivity index (χ1) is 8.49. The van der Waals surface area contributed by atoms with Crippen molar-refractivity contribution in [1.82, 2.24) is 10.6 Å². The molecule has 2 aliphatic heterocycles. The van der Waals surface area contributed by atoms with Crippen molar-refractivity contribution < 1.29 is 9.53 Å². The normalized spacial score (nSPS) is 44.9. The van der Waals surface area contributed by atoms with E-state index < -0.39 is 0 Å². The van der Waals surface area contributed by atoms with E-state index >= 15 is 0 Å². The van der Waals surface area contributed by atoms with Crippen LogP contribution in [0.5, 0.6) is 0 Å². The first kappa shape index (κ1) is 13.8. The van der Waals surface area contributed by atoms with Crippen molar-refractivity contribution in [2.75, 3.05) is 6.54 Å². The Labute approximate surface area is 110 Å². The third kappa shape index (κ3) is 2.86. The standard InChI is InChI=1S/C14H26N2O2/c1-8-7-12(5-6-15-8)16-14(17)13-9(2)10(3)18-11(13)4/h8-13,15H,5-7H2,1-4H3,(H,16,17). The Hall–Kier alpha value is -0.610. The molecule has 0 aromatic rings. The molecule has 4 heteroatoms. The van der Waals surface area contributed by atoms with Crippen LogP contribution in [0.3, 0.4) is 0 Å². The fourth-order valence-electron chi connectivity index (χ4n) is 3.28. The molecule has 2 aliphatic rings. The smallest absolute Gasteiger partial charge is 0.226 e. The summed E-state index contributed by atoms with van der Waals surface area (Å²) in [7, 11) is 0. The first-order valence-electron chi connectivity index (χ1n) is 7.18. The summed E-state index contributed by atoms with van der Waals surface area (Å²) in [6, 6.07) is 0.821. The number of carbonyl (C=O) groups excluding carboxylic acids is 1. The van der Waals surface area contributed by atoms with Gasteiger partial charge in [-0.05, 0) is 46.1 Å². The van der Waals surface area contributed by atoms with Gasteiger partial charge in [0.05, 0.1) is 18.1 Å². The molecule has 0 aromatic heterocycles. The van der Waals surface area contributed by atoms with Crippen LogP contribution in [0.2, 0.25) is 0 Å². The second kappa shape index (κ2) is 5.57. The molecular weight excluding hydrogens is 228 g/mol. The molecule has 0 spiro atoms. The van der Waals surface area contributed by atoms with E-state index in [0.717, 1.165) is 19.4 Å². The van der Waals surface area contributed by atoms with Crippen molar-refractivity contribution in [1.29, 1.82) is 0 Å². The molecule has 0 saturated carbocycles. The summed E-state index contributed by atoms with van der Waals surface area (Å²) in [4.78, 5) is 12.4. The zero-order chi connectivity index (χ0) is 13.3. The summed E-state index contributed by atoms with van der Waals surface area (Å²) in [5.74, 6) is 0.489. The van der Waals surface area contributed by atoms with E-state index in [1.54, 1.807) is 0 Å². The third-order valence-corrected chi connectivity index (χ3v) is 4.51. The molecule has 2 N–H and O–H groups in total. The maximum absolute atomic E-state index is 12.4. The minimum absolute atomic E-state index is 0.00481. The van der Waals surface area contributed by atoms with Crippen molar-refractivity contribution in [2.24, 2.45) is 11.8 Å². The van der Waals surface area contributed by atoms with Crippen LogP contribution in [-0.4, -0.2) is 36.7 Å². The van der Waals surface area contributed by atoms with Gasteiger partial charge in [0.25, 0.3) is 0 Å². The maximum atomic E-state index is 12.4. The van der Waals surface area contributed by atoms with Crippen LogP contribution in [0.1, 0.15) is 40.5 Å². The van der Waals surface area contributed by atoms with Crippen molar-refractivity contribution in [2.45, 2.75) is 64.8 Å². The minimum atomic E-state index is 0.00481. The van der Waals surface area contributed by atoms with Crippen LogP contribution in [-0.2, 0) is 9.53 Å². The van der Waals surface area contributed by atoms with Crippen LogP contribution in [0, 0.1) is 11.8 Å². The summed E-state index contributed by atoms with van der Waals surface area (Å²) >= 11 is 0. The summed E-state index contributed by atoms with van der Waals surface area (Å²) in [6.45, 7) is 9.35. The molecule has 104 valence electrons. The zero-order valence-corrected chi connectivity index (χ0v) is 11.9. The van der Waals surface area contributed by atoms with E-state index in [9.17, 15) is 4.79 Å². The predicted molar refractivity (Wildman–Crippen MR) is 71.3 cm³/mol. The van der Waals surface area contributed by atoms with E-state index in [1.165, 1.54) is 0 Å². The van der Waals surface area contributed by atoms with Gasteiger partial charge < -0.3 is 15.4 Å². The summed E-state index contributed by atoms with van der Waals surface area (Å²) < 4.78 is 5.74. The molecule has 1 amide bonds. The Morgan fingerprint density at radius 2 is 1.94 bits per heavy atom. The monoisotopic (exact) mass is 254 g/mol. The van der Waals surface area contributed by atoms with Gasteiger partial charge >= 0.3 is 0 Å². The Morgan fingerprint density at radius 3 is 2.50 bits per heavy atom. The van der Waals surface area contributed by atoms with Gasteiger partial charge in [0.1, 0.15) is 0 Å². The molecule has 6 unspecified atom stereocenters. The quantitative estimate of drug-likeness (QED) is 0.781. The van der Waals surface area contributed by atoms with Gasteiger partial charge in [0.15, 0.2) is 0 Å². The lowest BCUT2D eigenvalue weighted by Gasteiger charge is -2.30. The van der Waals surface area contributed by atoms with Crippen molar-refractivity contribution in [3.05, 3.63) is 0 Å². The largest absolute Gasteiger partial charge is 0.374 e. The van der Waals surface area contributed by atoms with Gasteiger partial charge in [0.2, 0.25) is 5.91 Å². The lowest BCUT2D eigenvalue weighted by atomic mass is 9.88. The van der Waals surface area contributed by atoms with Crippen LogP contribution < -0.4 is 10.6 Å². The number of piperidine rings is 1. The van der Waals surface area contributed by atoms with Gasteiger partial charge in [0, 0.05) is 12.1 Å². The highest BCUT2D eigenvalue weighted by Gasteiger charge is 2.42. The molecule has 2 rings (SSSR count). The second-order valence-electron chi connectivity index (χ2n) is 6.02. The number of ether oxygens (including phenoxy) is 1. The molecule has 6 atom stereocenters. The molecule has 0 bridgehead atoms. The van der Waals surface area contributed by atoms with Crippen molar-refractivity contribution >= 4 is 5.91 Å².